The Morgan fingerprint density at radius 2 is 1.56 bits per heavy atom. The van der Waals surface area contributed by atoms with Crippen LogP contribution in [-0.2, 0) is 56.0 Å². The second-order valence-corrected chi connectivity index (χ2v) is 20.5. The quantitative estimate of drug-likeness (QED) is 0.0273. The number of nitrogens with zero attached hydrogens (tertiary/aromatic N) is 1. The molecule has 11 N–H and O–H groups in total. The maximum Gasteiger partial charge on any atom is 0.407 e. The largest absolute Gasteiger partial charge is 0.507 e. The van der Waals surface area contributed by atoms with Gasteiger partial charge in [0.15, 0.2) is 17.9 Å². The molecule has 1 unspecified atom stereocenters. The molecular weight excluding hydrogens is 1060 g/mol. The van der Waals surface area contributed by atoms with Gasteiger partial charge < -0.3 is 71.7 Å². The standard InChI is InChI=1S/C56H67N7O18/c1-27(2)47(62-39(66)13-6-5-7-21-63-40(67)18-19-41(63)68)54(75)60-34(11-9-20-58-55(57)76)53(74)59-31-16-14-29(15-17-31)26-79-56(77)61-35-24-42(80-28(3)48(35)69)81-38-23-30(36(65)25-64)22-33-44(38)52(73)46-45(50(33)71)49(70)32-10-8-12-37(78-4)43(32)51(46)72/h8,10,12,14-19,27-28,30,34-35,38,42,47-48,64,69,71,73H,5-7,9,11,13,20-26H2,1-4H3,(H,59,74)(H,60,75)(H,61,77)(H,62,66)(H3,57,58,76)/t28-,30?,34-,35-,38-,42-,47-,48+/m0/s1. The molecule has 4 aliphatic rings. The van der Waals surface area contributed by atoms with Crippen LogP contribution in [0.15, 0.2) is 54.6 Å². The third kappa shape index (κ3) is 14.2. The van der Waals surface area contributed by atoms with Crippen molar-refractivity contribution in [2.45, 2.75) is 128 Å². The van der Waals surface area contributed by atoms with E-state index in [9.17, 15) is 68.4 Å². The molecule has 0 aromatic heterocycles. The molecule has 8 atom stereocenters. The second-order valence-electron chi connectivity index (χ2n) is 20.5. The number of phenolic OH excluding ortho intramolecular Hbond substituents is 2. The number of amides is 8. The summed E-state index contributed by atoms with van der Waals surface area (Å²) in [6.45, 7) is 4.16. The van der Waals surface area contributed by atoms with Gasteiger partial charge in [-0.25, -0.2) is 9.59 Å². The molecule has 7 rings (SSSR count). The maximum absolute atomic E-state index is 14.1. The smallest absolute Gasteiger partial charge is 0.407 e. The minimum Gasteiger partial charge on any atom is -0.507 e. The molecule has 25 nitrogen and oxygen atoms in total. The van der Waals surface area contributed by atoms with Gasteiger partial charge in [-0.1, -0.05) is 44.5 Å². The molecule has 2 aliphatic carbocycles. The van der Waals surface area contributed by atoms with Crippen LogP contribution < -0.4 is 37.1 Å². The average molecular weight is 1130 g/mol. The number of urea groups is 1. The molecular formula is C56H67N7O18. The number of Topliss-reactive ketones (excluding diaryl/α,β-unsaturated/α-hetero) is 1. The van der Waals surface area contributed by atoms with Gasteiger partial charge in [0.2, 0.25) is 23.5 Å². The molecule has 434 valence electrons. The zero-order valence-corrected chi connectivity index (χ0v) is 45.1. The molecule has 0 radical (unpaired) electrons. The number of fused-ring (bicyclic) bond motifs is 3. The Morgan fingerprint density at radius 1 is 0.852 bits per heavy atom. The summed E-state index contributed by atoms with van der Waals surface area (Å²) in [5.41, 5.74) is 4.71. The number of ether oxygens (including phenoxy) is 4. The zero-order valence-electron chi connectivity index (χ0n) is 45.1. The van der Waals surface area contributed by atoms with Crippen LogP contribution in [0.25, 0.3) is 0 Å². The molecule has 25 heteroatoms. The van der Waals surface area contributed by atoms with Gasteiger partial charge in [0.05, 0.1) is 42.0 Å². The molecule has 8 amide bonds. The normalized spacial score (nSPS) is 20.8. The highest BCUT2D eigenvalue weighted by atomic mass is 16.7. The summed E-state index contributed by atoms with van der Waals surface area (Å²) in [5.74, 6) is -7.20. The predicted octanol–water partition coefficient (Wildman–Crippen LogP) is 2.35. The van der Waals surface area contributed by atoms with Gasteiger partial charge in [0.1, 0.15) is 48.6 Å². The van der Waals surface area contributed by atoms with Crippen LogP contribution in [0, 0.1) is 11.8 Å². The fourth-order valence-electron chi connectivity index (χ4n) is 10.3. The summed E-state index contributed by atoms with van der Waals surface area (Å²) in [6, 6.07) is 6.57. The number of phenols is 2. The zero-order chi connectivity index (χ0) is 58.8. The molecule has 3 aromatic carbocycles. The molecule has 0 spiro atoms. The molecule has 2 heterocycles. The van der Waals surface area contributed by atoms with Gasteiger partial charge >= 0.3 is 12.1 Å². The first-order chi connectivity index (χ1) is 38.6. The van der Waals surface area contributed by atoms with Crippen molar-refractivity contribution in [1.29, 1.82) is 0 Å². The van der Waals surface area contributed by atoms with Crippen LogP contribution in [0.4, 0.5) is 15.3 Å². The lowest BCUT2D eigenvalue weighted by Crippen LogP contribution is -2.55. The van der Waals surface area contributed by atoms with E-state index < -0.39 is 125 Å². The number of unbranched alkanes of at least 4 members (excludes halogenated alkanes) is 2. The number of aliphatic hydroxyl groups excluding tert-OH is 2. The van der Waals surface area contributed by atoms with E-state index in [1.807, 2.05) is 0 Å². The number of nitrogens with one attached hydrogen (secondary N) is 5. The Kier molecular flexibility index (Phi) is 20.0. The van der Waals surface area contributed by atoms with Crippen molar-refractivity contribution in [1.82, 2.24) is 26.2 Å². The number of aliphatic hydroxyl groups is 2. The highest BCUT2D eigenvalue weighted by Crippen LogP contribution is 2.52. The van der Waals surface area contributed by atoms with Crippen molar-refractivity contribution in [3.05, 3.63) is 93.6 Å². The lowest BCUT2D eigenvalue weighted by atomic mass is 9.73. The van der Waals surface area contributed by atoms with Gasteiger partial charge in [0, 0.05) is 66.4 Å². The first-order valence-electron chi connectivity index (χ1n) is 26.6. The van der Waals surface area contributed by atoms with Gasteiger partial charge in [-0.3, -0.25) is 43.3 Å². The van der Waals surface area contributed by atoms with Gasteiger partial charge in [-0.15, -0.1) is 0 Å². The number of rotatable bonds is 24. The maximum atomic E-state index is 14.1. The van der Waals surface area contributed by atoms with Crippen molar-refractivity contribution >= 4 is 64.7 Å². The Morgan fingerprint density at radius 3 is 2.22 bits per heavy atom. The third-order valence-corrected chi connectivity index (χ3v) is 14.6. The Labute approximate surface area is 465 Å². The van der Waals surface area contributed by atoms with E-state index in [-0.39, 0.29) is 104 Å². The summed E-state index contributed by atoms with van der Waals surface area (Å²) < 4.78 is 23.2. The van der Waals surface area contributed by atoms with Crippen molar-refractivity contribution in [2.75, 3.05) is 32.1 Å². The van der Waals surface area contributed by atoms with Crippen molar-refractivity contribution in [3.8, 4) is 17.2 Å². The van der Waals surface area contributed by atoms with E-state index in [0.717, 1.165) is 4.90 Å². The summed E-state index contributed by atoms with van der Waals surface area (Å²) in [7, 11) is 1.31. The number of aromatic hydroxyl groups is 2. The Balaban J connectivity index is 0.949. The number of hydrogen-bond donors (Lipinski definition) is 10. The number of imide groups is 1. The minimum absolute atomic E-state index is 0.0487. The monoisotopic (exact) mass is 1130 g/mol. The molecule has 0 bridgehead atoms. The van der Waals surface area contributed by atoms with Crippen molar-refractivity contribution in [3.63, 3.8) is 0 Å². The first-order valence-corrected chi connectivity index (χ1v) is 26.6. The number of ketones is 3. The van der Waals surface area contributed by atoms with Crippen molar-refractivity contribution < 1.29 is 87.3 Å². The van der Waals surface area contributed by atoms with Crippen LogP contribution in [0.2, 0.25) is 0 Å². The topological polar surface area (TPSA) is 378 Å². The number of carbonyl (C=O) groups is 10. The fourth-order valence-corrected chi connectivity index (χ4v) is 10.3. The summed E-state index contributed by atoms with van der Waals surface area (Å²) in [6.07, 6.45) is -2.06. The minimum atomic E-state index is -1.29. The van der Waals surface area contributed by atoms with Crippen LogP contribution in [0.1, 0.15) is 127 Å². The number of carbonyl (C=O) groups excluding carboxylic acids is 10. The van der Waals surface area contributed by atoms with Gasteiger partial charge in [0.25, 0.3) is 11.8 Å². The van der Waals surface area contributed by atoms with Crippen LogP contribution in [0.3, 0.4) is 0 Å². The van der Waals surface area contributed by atoms with Crippen LogP contribution in [-0.4, -0.2) is 148 Å². The lowest BCUT2D eigenvalue weighted by Gasteiger charge is -2.41. The fraction of sp³-hybridized carbons (Fsp3) is 0.464. The van der Waals surface area contributed by atoms with E-state index in [1.54, 1.807) is 26.0 Å². The van der Waals surface area contributed by atoms with Crippen LogP contribution >= 0.6 is 0 Å². The van der Waals surface area contributed by atoms with Crippen molar-refractivity contribution in [2.24, 2.45) is 17.6 Å². The van der Waals surface area contributed by atoms with Gasteiger partial charge in [-0.2, -0.15) is 0 Å². The number of nitrogens with two attached hydrogens (primary N) is 1. The number of primary amides is 1. The lowest BCUT2D eigenvalue weighted by molar-refractivity contribution is -0.245. The molecule has 1 saturated heterocycles. The molecule has 1 fully saturated rings. The molecule has 0 saturated carbocycles. The summed E-state index contributed by atoms with van der Waals surface area (Å²) in [5, 5.41) is 57.8. The average Bonchev–Trinajstić information content (AvgIpc) is 3.91. The van der Waals surface area contributed by atoms with E-state index in [4.69, 9.17) is 24.7 Å². The third-order valence-electron chi connectivity index (χ3n) is 14.6. The number of anilines is 1. The van der Waals surface area contributed by atoms with Crippen LogP contribution in [0.5, 0.6) is 17.2 Å². The van der Waals surface area contributed by atoms with E-state index in [2.05, 4.69) is 26.6 Å². The summed E-state index contributed by atoms with van der Waals surface area (Å²) in [4.78, 5) is 131. The number of methoxy groups -OCH3 is 1. The van der Waals surface area contributed by atoms with E-state index in [0.29, 0.717) is 30.5 Å². The SMILES string of the molecule is COc1cccc2c1C(=O)c1c(O)c3c(c(O)c1C2=O)CC(C(=O)CO)C[C@@H]3O[C@H]1C[C@H](NC(=O)OCc2ccc(NC(=O)[C@H](CCCNC(N)=O)NC(=O)[C@@H](NC(=O)CCCCCN3C(=O)C=CC3=O)C(C)C)cc2)[C@H](O)[C@H](C)O1. The number of alkyl carbamates (subject to hydrolysis) is 1. The number of benzene rings is 3. The number of hydrogen-bond acceptors (Lipinski definition) is 18. The van der Waals surface area contributed by atoms with E-state index >= 15 is 0 Å². The molecule has 81 heavy (non-hydrogen) atoms. The second kappa shape index (κ2) is 26.8. The molecule has 3 aromatic rings. The predicted molar refractivity (Wildman–Crippen MR) is 284 cm³/mol. The Bertz CT molecular complexity index is 2960. The highest BCUT2D eigenvalue weighted by Gasteiger charge is 2.46. The highest BCUT2D eigenvalue weighted by molar-refractivity contribution is 6.31. The first kappa shape index (κ1) is 60.4. The van der Waals surface area contributed by atoms with E-state index in [1.165, 1.54) is 56.5 Å². The Hall–Kier alpha value is -8.26. The van der Waals surface area contributed by atoms with Gasteiger partial charge in [-0.05, 0) is 75.1 Å². The molecule has 2 aliphatic heterocycles. The summed E-state index contributed by atoms with van der Waals surface area (Å²) >= 11 is 0.